The Hall–Kier alpha value is -4.32. The lowest BCUT2D eigenvalue weighted by atomic mass is 9.80. The summed E-state index contributed by atoms with van der Waals surface area (Å²) >= 11 is 7.05. The van der Waals surface area contributed by atoms with E-state index in [1.165, 1.54) is 18.5 Å². The molecule has 12 heteroatoms. The summed E-state index contributed by atoms with van der Waals surface area (Å²) in [5.74, 6) is 1.10. The van der Waals surface area contributed by atoms with Crippen molar-refractivity contribution in [2.45, 2.75) is 84.2 Å². The fourth-order valence-electron chi connectivity index (χ4n) is 9.13. The molecule has 1 amide bonds. The quantitative estimate of drug-likeness (QED) is 0.150. The van der Waals surface area contributed by atoms with Crippen LogP contribution in [0, 0.1) is 24.7 Å². The summed E-state index contributed by atoms with van der Waals surface area (Å²) < 4.78 is 3.90. The van der Waals surface area contributed by atoms with Crippen molar-refractivity contribution in [2.24, 2.45) is 31.8 Å². The summed E-state index contributed by atoms with van der Waals surface area (Å²) in [6, 6.07) is 11.6. The molecule has 4 aromatic rings. The Labute approximate surface area is 328 Å². The largest absolute Gasteiger partial charge is 0.481 e. The zero-order valence-corrected chi connectivity index (χ0v) is 33.0. The van der Waals surface area contributed by atoms with E-state index in [-0.39, 0.29) is 24.0 Å². The molecule has 2 aliphatic carbocycles. The normalized spacial score (nSPS) is 20.2. The minimum atomic E-state index is -0.661. The predicted molar refractivity (Wildman–Crippen MR) is 212 cm³/mol. The molecule has 2 fully saturated rings. The van der Waals surface area contributed by atoms with Crippen molar-refractivity contribution in [1.29, 1.82) is 0 Å². The molecule has 0 bridgehead atoms. The first-order valence-electron chi connectivity index (χ1n) is 20.0. The molecule has 0 unspecified atom stereocenters. The number of fused-ring (bicyclic) bond motifs is 2. The molecule has 8 rings (SSSR count). The molecule has 2 N–H and O–H groups in total. The zero-order chi connectivity index (χ0) is 38.4. The Morgan fingerprint density at radius 3 is 2.15 bits per heavy atom. The maximum absolute atomic E-state index is 13.7. The number of aliphatic carboxylic acids is 1. The van der Waals surface area contributed by atoms with Crippen LogP contribution in [-0.2, 0) is 51.2 Å². The Morgan fingerprint density at radius 2 is 1.44 bits per heavy atom. The number of nitrogens with one attached hydrogen (secondary N) is 1. The SMILES string of the molecule is Cc1c(CC(=O)c2nc3c(n2C)CCN(CC2CC2)C3)cccc1-c1cccc(NC(=O)c2nc3c(n2C)CCN(CCC2CCC(C(=O)O)CC2)C3)c1Cl. The van der Waals surface area contributed by atoms with Crippen LogP contribution < -0.4 is 5.32 Å². The molecule has 4 heterocycles. The number of carbonyl (C=O) groups excluding carboxylic acids is 2. The summed E-state index contributed by atoms with van der Waals surface area (Å²) in [4.78, 5) is 53.4. The second-order valence-electron chi connectivity index (χ2n) is 16.4. The maximum atomic E-state index is 13.7. The van der Waals surface area contributed by atoms with Gasteiger partial charge in [0.2, 0.25) is 5.78 Å². The first-order valence-corrected chi connectivity index (χ1v) is 20.4. The summed E-state index contributed by atoms with van der Waals surface area (Å²) in [7, 11) is 3.86. The second-order valence-corrected chi connectivity index (χ2v) is 16.8. The average molecular weight is 766 g/mol. The van der Waals surface area contributed by atoms with E-state index in [0.717, 1.165) is 123 Å². The van der Waals surface area contributed by atoms with E-state index in [4.69, 9.17) is 21.6 Å². The Bertz CT molecular complexity index is 2130. The first kappa shape index (κ1) is 37.6. The Kier molecular flexibility index (Phi) is 10.7. The van der Waals surface area contributed by atoms with Crippen LogP contribution in [-0.4, -0.2) is 77.8 Å². The monoisotopic (exact) mass is 765 g/mol. The highest BCUT2D eigenvalue weighted by Gasteiger charge is 2.31. The number of anilines is 1. The summed E-state index contributed by atoms with van der Waals surface area (Å²) in [5.41, 5.74) is 8.27. The fraction of sp³-hybridized carbons (Fsp3) is 0.512. The van der Waals surface area contributed by atoms with Gasteiger partial charge in [-0.1, -0.05) is 41.9 Å². The third kappa shape index (κ3) is 7.89. The fourth-order valence-corrected chi connectivity index (χ4v) is 9.40. The topological polar surface area (TPSA) is 126 Å². The molecule has 11 nitrogen and oxygen atoms in total. The molecule has 4 aliphatic rings. The number of aromatic nitrogens is 4. The first-order chi connectivity index (χ1) is 26.5. The number of carboxylic acid groups (broad SMARTS) is 1. The molecule has 2 aromatic heterocycles. The van der Waals surface area contributed by atoms with Crippen LogP contribution in [0.4, 0.5) is 5.69 Å². The third-order valence-electron chi connectivity index (χ3n) is 12.7. The average Bonchev–Trinajstić information content (AvgIpc) is 3.85. The van der Waals surface area contributed by atoms with Crippen molar-refractivity contribution in [3.8, 4) is 11.1 Å². The van der Waals surface area contributed by atoms with E-state index in [2.05, 4.69) is 15.1 Å². The van der Waals surface area contributed by atoms with E-state index >= 15 is 0 Å². The van der Waals surface area contributed by atoms with Gasteiger partial charge in [-0.3, -0.25) is 24.2 Å². The lowest BCUT2D eigenvalue weighted by molar-refractivity contribution is -0.143. The van der Waals surface area contributed by atoms with E-state index in [1.807, 2.05) is 60.5 Å². The van der Waals surface area contributed by atoms with E-state index in [1.54, 1.807) is 6.07 Å². The maximum Gasteiger partial charge on any atom is 0.306 e. The number of carboxylic acids is 1. The van der Waals surface area contributed by atoms with Gasteiger partial charge in [-0.15, -0.1) is 0 Å². The van der Waals surface area contributed by atoms with E-state index in [0.29, 0.717) is 34.8 Å². The number of hydrogen-bond acceptors (Lipinski definition) is 7. The number of nitrogens with zero attached hydrogens (tertiary/aromatic N) is 6. The molecule has 0 radical (unpaired) electrons. The molecule has 2 aliphatic heterocycles. The van der Waals surface area contributed by atoms with Crippen molar-refractivity contribution in [3.63, 3.8) is 0 Å². The minimum Gasteiger partial charge on any atom is -0.481 e. The standard InChI is InChI=1S/C43H52ClN7O4/c1-26-30(22-38(52)40-45-35-25-51(23-28-10-11-28)21-18-36(35)48(40)2)6-4-7-31(26)32-8-5-9-33(39(32)44)47-42(53)41-46-34-24-50(20-17-37(34)49(41)3)19-16-27-12-14-29(15-13-27)43(54)55/h4-9,27-29H,10-25H2,1-3H3,(H,47,53)(H,54,55). The molecular weight excluding hydrogens is 714 g/mol. The van der Waals surface area contributed by atoms with Gasteiger partial charge >= 0.3 is 5.97 Å². The number of carbonyl (C=O) groups is 3. The van der Waals surface area contributed by atoms with Crippen LogP contribution in [0.3, 0.4) is 0 Å². The van der Waals surface area contributed by atoms with Gasteiger partial charge in [0, 0.05) is 83.0 Å². The van der Waals surface area contributed by atoms with Crippen LogP contribution >= 0.6 is 11.6 Å². The Morgan fingerprint density at radius 1 is 0.818 bits per heavy atom. The smallest absolute Gasteiger partial charge is 0.306 e. The molecule has 290 valence electrons. The molecule has 2 saturated carbocycles. The van der Waals surface area contributed by atoms with Gasteiger partial charge < -0.3 is 19.6 Å². The number of amides is 1. The predicted octanol–water partition coefficient (Wildman–Crippen LogP) is 6.87. The van der Waals surface area contributed by atoms with Gasteiger partial charge in [-0.25, -0.2) is 9.97 Å². The van der Waals surface area contributed by atoms with Crippen molar-refractivity contribution >= 4 is 34.9 Å². The van der Waals surface area contributed by atoms with Gasteiger partial charge in [0.15, 0.2) is 11.6 Å². The second kappa shape index (κ2) is 15.7. The lowest BCUT2D eigenvalue weighted by Crippen LogP contribution is -2.33. The minimum absolute atomic E-state index is 0.00113. The van der Waals surface area contributed by atoms with Gasteiger partial charge in [0.05, 0.1) is 28.0 Å². The highest BCUT2D eigenvalue weighted by Crippen LogP contribution is 2.37. The molecular formula is C43H52ClN7O4. The summed E-state index contributed by atoms with van der Waals surface area (Å²) in [6.07, 6.45) is 9.18. The molecule has 0 spiro atoms. The summed E-state index contributed by atoms with van der Waals surface area (Å²) in [5, 5.41) is 12.8. The summed E-state index contributed by atoms with van der Waals surface area (Å²) in [6.45, 7) is 7.52. The van der Waals surface area contributed by atoms with Crippen LogP contribution in [0.1, 0.15) is 100 Å². The van der Waals surface area contributed by atoms with Crippen LogP contribution in [0.15, 0.2) is 36.4 Å². The zero-order valence-electron chi connectivity index (χ0n) is 32.2. The number of rotatable bonds is 12. The number of hydrogen-bond donors (Lipinski definition) is 2. The van der Waals surface area contributed by atoms with E-state index in [9.17, 15) is 19.5 Å². The molecule has 2 aromatic carbocycles. The van der Waals surface area contributed by atoms with Crippen LogP contribution in [0.2, 0.25) is 5.02 Å². The number of imidazole rings is 2. The van der Waals surface area contributed by atoms with Crippen molar-refractivity contribution in [1.82, 2.24) is 28.9 Å². The molecule has 0 atom stereocenters. The lowest BCUT2D eigenvalue weighted by Gasteiger charge is -2.30. The number of ketones is 1. The molecule has 0 saturated heterocycles. The highest BCUT2D eigenvalue weighted by molar-refractivity contribution is 6.36. The number of benzene rings is 2. The highest BCUT2D eigenvalue weighted by atomic mass is 35.5. The molecule has 55 heavy (non-hydrogen) atoms. The number of halogens is 1. The van der Waals surface area contributed by atoms with Crippen molar-refractivity contribution in [3.05, 3.63) is 87.0 Å². The van der Waals surface area contributed by atoms with Gasteiger partial charge in [-0.05, 0) is 93.0 Å². The van der Waals surface area contributed by atoms with Gasteiger partial charge in [0.25, 0.3) is 5.91 Å². The third-order valence-corrected chi connectivity index (χ3v) is 13.1. The Balaban J connectivity index is 0.923. The number of Topliss-reactive ketones (excluding diaryl/α,β-unsaturated/α-hetero) is 1. The van der Waals surface area contributed by atoms with Crippen molar-refractivity contribution < 1.29 is 19.5 Å². The van der Waals surface area contributed by atoms with Crippen molar-refractivity contribution in [2.75, 3.05) is 31.5 Å². The van der Waals surface area contributed by atoms with Gasteiger partial charge in [-0.2, -0.15) is 0 Å². The van der Waals surface area contributed by atoms with E-state index < -0.39 is 5.97 Å². The van der Waals surface area contributed by atoms with Gasteiger partial charge in [0.1, 0.15) is 0 Å². The van der Waals surface area contributed by atoms with Crippen LogP contribution in [0.25, 0.3) is 11.1 Å². The van der Waals surface area contributed by atoms with Crippen LogP contribution in [0.5, 0.6) is 0 Å².